The van der Waals surface area contributed by atoms with Crippen molar-refractivity contribution < 1.29 is 23.5 Å². The molecule has 0 aliphatic carbocycles. The SMILES string of the molecule is CCc1cccc(CNC[C@H](O)C(Cc2cc(F)cc(F)c2)NC(=O)CCC(=O)c2ccccc2)c1. The van der Waals surface area contributed by atoms with Gasteiger partial charge in [0, 0.05) is 37.6 Å². The highest BCUT2D eigenvalue weighted by Crippen LogP contribution is 2.13. The number of halogens is 2. The minimum Gasteiger partial charge on any atom is -0.390 e. The van der Waals surface area contributed by atoms with Gasteiger partial charge in [-0.3, -0.25) is 9.59 Å². The summed E-state index contributed by atoms with van der Waals surface area (Å²) in [5.74, 6) is -2.04. The Kier molecular flexibility index (Phi) is 10.3. The summed E-state index contributed by atoms with van der Waals surface area (Å²) in [5.41, 5.74) is 3.10. The zero-order chi connectivity index (χ0) is 25.9. The monoisotopic (exact) mass is 494 g/mol. The summed E-state index contributed by atoms with van der Waals surface area (Å²) >= 11 is 0. The Labute approximate surface area is 210 Å². The number of nitrogens with one attached hydrogen (secondary N) is 2. The van der Waals surface area contributed by atoms with Crippen molar-refractivity contribution in [3.05, 3.63) is 107 Å². The van der Waals surface area contributed by atoms with Crippen LogP contribution in [0.2, 0.25) is 0 Å². The average Bonchev–Trinajstić information content (AvgIpc) is 2.87. The number of hydrogen-bond donors (Lipinski definition) is 3. The van der Waals surface area contributed by atoms with Crippen LogP contribution < -0.4 is 10.6 Å². The van der Waals surface area contributed by atoms with E-state index < -0.39 is 29.7 Å². The van der Waals surface area contributed by atoms with Crippen LogP contribution in [0.25, 0.3) is 0 Å². The van der Waals surface area contributed by atoms with Gasteiger partial charge in [-0.1, -0.05) is 61.5 Å². The Morgan fingerprint density at radius 2 is 1.56 bits per heavy atom. The molecule has 0 fully saturated rings. The molecule has 3 aromatic carbocycles. The smallest absolute Gasteiger partial charge is 0.220 e. The molecular weight excluding hydrogens is 462 g/mol. The number of benzene rings is 3. The van der Waals surface area contributed by atoms with Gasteiger partial charge in [0.05, 0.1) is 12.1 Å². The first-order valence-electron chi connectivity index (χ1n) is 12.1. The van der Waals surface area contributed by atoms with Crippen LogP contribution in [0, 0.1) is 11.6 Å². The topological polar surface area (TPSA) is 78.4 Å². The summed E-state index contributed by atoms with van der Waals surface area (Å²) in [5, 5.41) is 16.8. The fourth-order valence-corrected chi connectivity index (χ4v) is 4.01. The van der Waals surface area contributed by atoms with E-state index in [9.17, 15) is 23.5 Å². The van der Waals surface area contributed by atoms with Crippen molar-refractivity contribution in [2.45, 2.75) is 51.3 Å². The Hall–Kier alpha value is -3.42. The molecule has 7 heteroatoms. The Morgan fingerprint density at radius 1 is 0.861 bits per heavy atom. The van der Waals surface area contributed by atoms with Crippen molar-refractivity contribution in [3.8, 4) is 0 Å². The van der Waals surface area contributed by atoms with E-state index in [2.05, 4.69) is 23.6 Å². The quantitative estimate of drug-likeness (QED) is 0.309. The molecule has 2 atom stereocenters. The van der Waals surface area contributed by atoms with Crippen LogP contribution in [0.3, 0.4) is 0 Å². The van der Waals surface area contributed by atoms with Gasteiger partial charge in [0.2, 0.25) is 5.91 Å². The molecule has 0 aliphatic heterocycles. The second-order valence-electron chi connectivity index (χ2n) is 8.82. The third kappa shape index (κ3) is 8.66. The standard InChI is InChI=1S/C29H32F2N2O3/c1-2-20-7-6-8-21(13-20)18-32-19-28(35)26(16-22-14-24(30)17-25(31)15-22)33-29(36)12-11-27(34)23-9-4-3-5-10-23/h3-10,13-15,17,26,28,32,35H,2,11-12,16,18-19H2,1H3,(H,33,36)/t26?,28-/m0/s1. The summed E-state index contributed by atoms with van der Waals surface area (Å²) in [6, 6.07) is 19.1. The minimum atomic E-state index is -1.03. The lowest BCUT2D eigenvalue weighted by Crippen LogP contribution is -2.48. The van der Waals surface area contributed by atoms with Crippen molar-refractivity contribution in [1.29, 1.82) is 0 Å². The molecule has 1 amide bonds. The van der Waals surface area contributed by atoms with Gasteiger partial charge in [0.25, 0.3) is 0 Å². The highest BCUT2D eigenvalue weighted by atomic mass is 19.1. The lowest BCUT2D eigenvalue weighted by Gasteiger charge is -2.25. The number of aliphatic hydroxyl groups is 1. The molecule has 3 N–H and O–H groups in total. The van der Waals surface area contributed by atoms with Gasteiger partial charge in [0.1, 0.15) is 11.6 Å². The molecule has 190 valence electrons. The first kappa shape index (κ1) is 27.2. The average molecular weight is 495 g/mol. The van der Waals surface area contributed by atoms with Gasteiger partial charge in [0.15, 0.2) is 5.78 Å². The Bertz CT molecular complexity index is 1130. The third-order valence-electron chi connectivity index (χ3n) is 5.95. The van der Waals surface area contributed by atoms with Crippen LogP contribution in [-0.4, -0.2) is 35.5 Å². The van der Waals surface area contributed by atoms with Crippen LogP contribution in [0.5, 0.6) is 0 Å². The fraction of sp³-hybridized carbons (Fsp3) is 0.310. The van der Waals surface area contributed by atoms with E-state index in [1.165, 1.54) is 17.7 Å². The van der Waals surface area contributed by atoms with Crippen molar-refractivity contribution >= 4 is 11.7 Å². The van der Waals surface area contributed by atoms with Crippen molar-refractivity contribution in [2.24, 2.45) is 0 Å². The van der Waals surface area contributed by atoms with Crippen LogP contribution in [0.15, 0.2) is 72.8 Å². The predicted octanol–water partition coefficient (Wildman–Crippen LogP) is 4.37. The van der Waals surface area contributed by atoms with Crippen molar-refractivity contribution in [1.82, 2.24) is 10.6 Å². The molecule has 0 heterocycles. The molecular formula is C29H32F2N2O3. The molecule has 1 unspecified atom stereocenters. The number of hydrogen-bond acceptors (Lipinski definition) is 4. The minimum absolute atomic E-state index is 0.0132. The second-order valence-corrected chi connectivity index (χ2v) is 8.82. The number of rotatable bonds is 13. The van der Waals surface area contributed by atoms with E-state index in [4.69, 9.17) is 0 Å². The number of aryl methyl sites for hydroxylation is 1. The van der Waals surface area contributed by atoms with Gasteiger partial charge >= 0.3 is 0 Å². The van der Waals surface area contributed by atoms with Gasteiger partial charge in [-0.25, -0.2) is 8.78 Å². The fourth-order valence-electron chi connectivity index (χ4n) is 4.01. The van der Waals surface area contributed by atoms with Crippen molar-refractivity contribution in [3.63, 3.8) is 0 Å². The first-order chi connectivity index (χ1) is 17.3. The lowest BCUT2D eigenvalue weighted by atomic mass is 10.00. The first-order valence-corrected chi connectivity index (χ1v) is 12.1. The Balaban J connectivity index is 1.62. The zero-order valence-electron chi connectivity index (χ0n) is 20.3. The second kappa shape index (κ2) is 13.6. The molecule has 0 radical (unpaired) electrons. The number of Topliss-reactive ketones (excluding diaryl/α,β-unsaturated/α-hetero) is 1. The summed E-state index contributed by atoms with van der Waals surface area (Å²) < 4.78 is 27.5. The highest BCUT2D eigenvalue weighted by Gasteiger charge is 2.23. The van der Waals surface area contributed by atoms with E-state index >= 15 is 0 Å². The maximum absolute atomic E-state index is 13.7. The van der Waals surface area contributed by atoms with E-state index in [0.717, 1.165) is 18.1 Å². The lowest BCUT2D eigenvalue weighted by molar-refractivity contribution is -0.122. The molecule has 0 saturated carbocycles. The van der Waals surface area contributed by atoms with Crippen LogP contribution >= 0.6 is 0 Å². The summed E-state index contributed by atoms with van der Waals surface area (Å²) in [6.45, 7) is 2.75. The largest absolute Gasteiger partial charge is 0.390 e. The molecule has 0 spiro atoms. The number of carbonyl (C=O) groups is 2. The number of amides is 1. The van der Waals surface area contributed by atoms with Crippen LogP contribution in [0.1, 0.15) is 46.8 Å². The number of carbonyl (C=O) groups excluding carboxylic acids is 2. The number of aliphatic hydroxyl groups excluding tert-OH is 1. The molecule has 0 aliphatic rings. The molecule has 36 heavy (non-hydrogen) atoms. The highest BCUT2D eigenvalue weighted by molar-refractivity contribution is 5.97. The summed E-state index contributed by atoms with van der Waals surface area (Å²) in [4.78, 5) is 25.0. The molecule has 0 saturated heterocycles. The number of ketones is 1. The van der Waals surface area contributed by atoms with Crippen molar-refractivity contribution in [2.75, 3.05) is 6.54 Å². The Morgan fingerprint density at radius 3 is 2.25 bits per heavy atom. The molecule has 0 aromatic heterocycles. The van der Waals surface area contributed by atoms with Gasteiger partial charge in [-0.05, 0) is 41.7 Å². The third-order valence-corrected chi connectivity index (χ3v) is 5.95. The van der Waals surface area contributed by atoms with Gasteiger partial charge < -0.3 is 15.7 Å². The van der Waals surface area contributed by atoms with Crippen LogP contribution in [-0.2, 0) is 24.2 Å². The molecule has 3 rings (SSSR count). The predicted molar refractivity (Wildman–Crippen MR) is 136 cm³/mol. The van der Waals surface area contributed by atoms with Gasteiger partial charge in [-0.15, -0.1) is 0 Å². The van der Waals surface area contributed by atoms with E-state index in [1.807, 2.05) is 18.2 Å². The van der Waals surface area contributed by atoms with E-state index in [0.29, 0.717) is 17.7 Å². The summed E-state index contributed by atoms with van der Waals surface area (Å²) in [6.07, 6.45) is -0.132. The molecule has 0 bridgehead atoms. The van der Waals surface area contributed by atoms with Gasteiger partial charge in [-0.2, -0.15) is 0 Å². The maximum Gasteiger partial charge on any atom is 0.220 e. The molecule has 5 nitrogen and oxygen atoms in total. The van der Waals surface area contributed by atoms with E-state index in [-0.39, 0.29) is 31.6 Å². The zero-order valence-corrected chi connectivity index (χ0v) is 20.3. The van der Waals surface area contributed by atoms with E-state index in [1.54, 1.807) is 30.3 Å². The molecule has 3 aromatic rings. The normalized spacial score (nSPS) is 12.7. The summed E-state index contributed by atoms with van der Waals surface area (Å²) in [7, 11) is 0. The van der Waals surface area contributed by atoms with Crippen LogP contribution in [0.4, 0.5) is 8.78 Å². The maximum atomic E-state index is 13.7.